The second kappa shape index (κ2) is 16.6. The van der Waals surface area contributed by atoms with Gasteiger partial charge in [0.2, 0.25) is 0 Å². The van der Waals surface area contributed by atoms with Crippen molar-refractivity contribution in [3.63, 3.8) is 0 Å². The summed E-state index contributed by atoms with van der Waals surface area (Å²) in [5, 5.41) is 0. The summed E-state index contributed by atoms with van der Waals surface area (Å²) >= 11 is 0. The first-order valence-electron chi connectivity index (χ1n) is 11.3. The van der Waals surface area contributed by atoms with Crippen LogP contribution in [0.25, 0.3) is 0 Å². The topological polar surface area (TPSA) is 44.8 Å². The van der Waals surface area contributed by atoms with Gasteiger partial charge in [0, 0.05) is 13.2 Å². The molecular weight excluding hydrogens is 364 g/mol. The molecule has 0 amide bonds. The fourth-order valence-electron chi connectivity index (χ4n) is 3.24. The molecule has 2 rings (SSSR count). The predicted molar refractivity (Wildman–Crippen MR) is 120 cm³/mol. The lowest BCUT2D eigenvalue weighted by Gasteiger charge is -2.29. The van der Waals surface area contributed by atoms with Gasteiger partial charge in [0.1, 0.15) is 6.29 Å². The van der Waals surface area contributed by atoms with Gasteiger partial charge in [0.05, 0.1) is 0 Å². The highest BCUT2D eigenvalue weighted by atomic mass is 16.8. The molecule has 2 heterocycles. The normalized spacial score (nSPS) is 23.0. The standard InChI is InChI=1S/C15H24O.C10H18O3/c1-13(2)7-5-8-14(3)9-6-10-15(4)11-12-16;1-3-7-11-9(5-1)13-10-6-2-4-8-12-10/h7,9,11-12H,5-6,8,10H2,1-4H3;9-10H,1-8H2. The van der Waals surface area contributed by atoms with Gasteiger partial charge in [0.15, 0.2) is 12.6 Å². The zero-order valence-electron chi connectivity index (χ0n) is 19.1. The molecular formula is C25H42O4. The molecule has 0 aromatic heterocycles. The molecule has 2 saturated heterocycles. The fraction of sp³-hybridized carbons (Fsp3) is 0.720. The van der Waals surface area contributed by atoms with E-state index in [2.05, 4.69) is 32.9 Å². The molecule has 0 spiro atoms. The van der Waals surface area contributed by atoms with E-state index in [1.807, 2.05) is 6.92 Å². The van der Waals surface area contributed by atoms with Gasteiger partial charge in [-0.05, 0) is 98.0 Å². The molecule has 166 valence electrons. The Morgan fingerprint density at radius 3 is 1.86 bits per heavy atom. The monoisotopic (exact) mass is 406 g/mol. The first-order chi connectivity index (χ1) is 14.0. The number of rotatable bonds is 9. The summed E-state index contributed by atoms with van der Waals surface area (Å²) < 4.78 is 16.6. The van der Waals surface area contributed by atoms with Crippen LogP contribution < -0.4 is 0 Å². The van der Waals surface area contributed by atoms with Crippen molar-refractivity contribution >= 4 is 6.29 Å². The van der Waals surface area contributed by atoms with Gasteiger partial charge in [-0.1, -0.05) is 28.9 Å². The molecule has 2 unspecified atom stereocenters. The van der Waals surface area contributed by atoms with Gasteiger partial charge in [-0.25, -0.2) is 0 Å². The Balaban J connectivity index is 0.000000294. The minimum atomic E-state index is -0.00292. The molecule has 0 aliphatic carbocycles. The predicted octanol–water partition coefficient (Wildman–Crippen LogP) is 6.66. The van der Waals surface area contributed by atoms with Crippen molar-refractivity contribution in [2.24, 2.45) is 0 Å². The maximum absolute atomic E-state index is 10.2. The Labute approximate surface area is 178 Å². The zero-order valence-corrected chi connectivity index (χ0v) is 19.1. The smallest absolute Gasteiger partial charge is 0.160 e. The Kier molecular flexibility index (Phi) is 14.7. The molecule has 2 atom stereocenters. The van der Waals surface area contributed by atoms with E-state index >= 15 is 0 Å². The molecule has 0 saturated carbocycles. The average Bonchev–Trinajstić information content (AvgIpc) is 2.70. The quantitative estimate of drug-likeness (QED) is 0.244. The van der Waals surface area contributed by atoms with Gasteiger partial charge in [-0.3, -0.25) is 4.79 Å². The summed E-state index contributed by atoms with van der Waals surface area (Å²) in [6.45, 7) is 10.1. The average molecular weight is 407 g/mol. The first-order valence-corrected chi connectivity index (χ1v) is 11.3. The molecule has 29 heavy (non-hydrogen) atoms. The Bertz CT molecular complexity index is 501. The van der Waals surface area contributed by atoms with Crippen molar-refractivity contribution in [2.75, 3.05) is 13.2 Å². The molecule has 2 fully saturated rings. The van der Waals surface area contributed by atoms with Crippen LogP contribution in [0.3, 0.4) is 0 Å². The van der Waals surface area contributed by atoms with Crippen molar-refractivity contribution in [3.05, 3.63) is 34.9 Å². The van der Waals surface area contributed by atoms with Gasteiger partial charge in [-0.2, -0.15) is 0 Å². The van der Waals surface area contributed by atoms with Crippen molar-refractivity contribution in [2.45, 2.75) is 104 Å². The zero-order chi connectivity index (χ0) is 21.3. The molecule has 2 aliphatic heterocycles. The Morgan fingerprint density at radius 1 is 0.828 bits per heavy atom. The number of carbonyl (C=O) groups is 1. The number of aldehydes is 1. The van der Waals surface area contributed by atoms with Gasteiger partial charge in [0.25, 0.3) is 0 Å². The van der Waals surface area contributed by atoms with Crippen LogP contribution in [0, 0.1) is 0 Å². The number of allylic oxidation sites excluding steroid dienone is 6. The largest absolute Gasteiger partial charge is 0.353 e. The number of hydrogen-bond donors (Lipinski definition) is 0. The van der Waals surface area contributed by atoms with Crippen LogP contribution in [0.4, 0.5) is 0 Å². The molecule has 4 heteroatoms. The van der Waals surface area contributed by atoms with Gasteiger partial charge >= 0.3 is 0 Å². The third-order valence-corrected chi connectivity index (χ3v) is 5.05. The van der Waals surface area contributed by atoms with Crippen LogP contribution in [0.5, 0.6) is 0 Å². The second-order valence-electron chi connectivity index (χ2n) is 8.29. The Hall–Kier alpha value is -1.23. The van der Waals surface area contributed by atoms with Crippen LogP contribution in [-0.2, 0) is 19.0 Å². The van der Waals surface area contributed by atoms with Gasteiger partial charge in [-0.15, -0.1) is 0 Å². The summed E-state index contributed by atoms with van der Waals surface area (Å²) in [6, 6.07) is 0. The number of ether oxygens (including phenoxy) is 3. The van der Waals surface area contributed by atoms with Crippen LogP contribution in [0.15, 0.2) is 34.9 Å². The molecule has 2 aliphatic rings. The van der Waals surface area contributed by atoms with Crippen LogP contribution in [0.1, 0.15) is 91.9 Å². The van der Waals surface area contributed by atoms with E-state index in [1.54, 1.807) is 6.08 Å². The van der Waals surface area contributed by atoms with Gasteiger partial charge < -0.3 is 14.2 Å². The summed E-state index contributed by atoms with van der Waals surface area (Å²) in [4.78, 5) is 10.2. The SMILES string of the molecule is C1CCC(OC2CCCCO2)OC1.CC(C)=CCCC(C)=CCCC(C)=CC=O. The third kappa shape index (κ3) is 14.4. The molecule has 0 aromatic rings. The molecule has 4 nitrogen and oxygen atoms in total. The lowest BCUT2D eigenvalue weighted by molar-refractivity contribution is -0.264. The molecule has 0 bridgehead atoms. The van der Waals surface area contributed by atoms with E-state index in [9.17, 15) is 4.79 Å². The third-order valence-electron chi connectivity index (χ3n) is 5.05. The van der Waals surface area contributed by atoms with Crippen molar-refractivity contribution in [1.29, 1.82) is 0 Å². The van der Waals surface area contributed by atoms with Crippen LogP contribution >= 0.6 is 0 Å². The highest BCUT2D eigenvalue weighted by Crippen LogP contribution is 2.20. The van der Waals surface area contributed by atoms with Crippen molar-refractivity contribution < 1.29 is 19.0 Å². The number of carbonyl (C=O) groups excluding carboxylic acids is 1. The van der Waals surface area contributed by atoms with E-state index in [0.29, 0.717) is 0 Å². The first kappa shape index (κ1) is 25.8. The lowest BCUT2D eigenvalue weighted by Crippen LogP contribution is -2.31. The minimum absolute atomic E-state index is 0.00292. The Morgan fingerprint density at radius 2 is 1.38 bits per heavy atom. The lowest BCUT2D eigenvalue weighted by atomic mass is 10.1. The maximum atomic E-state index is 10.2. The summed E-state index contributed by atoms with van der Waals surface area (Å²) in [7, 11) is 0. The maximum Gasteiger partial charge on any atom is 0.160 e. The van der Waals surface area contributed by atoms with Crippen molar-refractivity contribution in [3.8, 4) is 0 Å². The molecule has 0 radical (unpaired) electrons. The number of hydrogen-bond acceptors (Lipinski definition) is 4. The highest BCUT2D eigenvalue weighted by Gasteiger charge is 2.21. The molecule has 0 aromatic carbocycles. The molecule has 0 N–H and O–H groups in total. The van der Waals surface area contributed by atoms with E-state index in [1.165, 1.54) is 36.8 Å². The van der Waals surface area contributed by atoms with E-state index < -0.39 is 0 Å². The second-order valence-corrected chi connectivity index (χ2v) is 8.29. The van der Waals surface area contributed by atoms with E-state index in [0.717, 1.165) is 63.6 Å². The summed E-state index contributed by atoms with van der Waals surface area (Å²) in [5.74, 6) is 0. The summed E-state index contributed by atoms with van der Waals surface area (Å²) in [5.41, 5.74) is 3.98. The van der Waals surface area contributed by atoms with Crippen LogP contribution in [0.2, 0.25) is 0 Å². The fourth-order valence-corrected chi connectivity index (χ4v) is 3.24. The highest BCUT2D eigenvalue weighted by molar-refractivity contribution is 5.65. The van der Waals surface area contributed by atoms with Crippen LogP contribution in [-0.4, -0.2) is 32.1 Å². The van der Waals surface area contributed by atoms with E-state index in [4.69, 9.17) is 14.2 Å². The van der Waals surface area contributed by atoms with E-state index in [-0.39, 0.29) is 12.6 Å². The minimum Gasteiger partial charge on any atom is -0.353 e. The summed E-state index contributed by atoms with van der Waals surface area (Å²) in [6.07, 6.45) is 18.2. The van der Waals surface area contributed by atoms with Crippen molar-refractivity contribution in [1.82, 2.24) is 0 Å².